The van der Waals surface area contributed by atoms with Crippen molar-refractivity contribution in [1.82, 2.24) is 4.90 Å². The zero-order valence-corrected chi connectivity index (χ0v) is 7.55. The molecule has 0 radical (unpaired) electrons. The first-order valence-electron chi connectivity index (χ1n) is 4.23. The standard InChI is InChI=1S/C6H13N.C4H6/c1-7-5-3-2-4-6-7;1-3-4-2/h2-6H2,1H3;3-4H,1-2H2. The van der Waals surface area contributed by atoms with Crippen molar-refractivity contribution in [3.8, 4) is 0 Å². The zero-order valence-electron chi connectivity index (χ0n) is 7.55. The van der Waals surface area contributed by atoms with Gasteiger partial charge >= 0.3 is 0 Å². The van der Waals surface area contributed by atoms with Crippen molar-refractivity contribution in [2.75, 3.05) is 20.1 Å². The molecule has 1 saturated heterocycles. The van der Waals surface area contributed by atoms with E-state index in [1.807, 2.05) is 0 Å². The van der Waals surface area contributed by atoms with Gasteiger partial charge < -0.3 is 4.90 Å². The van der Waals surface area contributed by atoms with Gasteiger partial charge in [0, 0.05) is 0 Å². The van der Waals surface area contributed by atoms with Gasteiger partial charge in [0.15, 0.2) is 0 Å². The first-order chi connectivity index (χ1) is 5.31. The maximum atomic E-state index is 3.36. The van der Waals surface area contributed by atoms with E-state index >= 15 is 0 Å². The largest absolute Gasteiger partial charge is 0.306 e. The Morgan fingerprint density at radius 2 is 1.45 bits per heavy atom. The van der Waals surface area contributed by atoms with Crippen LogP contribution in [0, 0.1) is 0 Å². The maximum Gasteiger partial charge on any atom is -0.00218 e. The molecule has 11 heavy (non-hydrogen) atoms. The summed E-state index contributed by atoms with van der Waals surface area (Å²) in [6.45, 7) is 9.36. The highest BCUT2D eigenvalue weighted by molar-refractivity contribution is 4.88. The Labute approximate surface area is 70.4 Å². The highest BCUT2D eigenvalue weighted by Crippen LogP contribution is 2.04. The van der Waals surface area contributed by atoms with E-state index in [-0.39, 0.29) is 0 Å². The van der Waals surface area contributed by atoms with Gasteiger partial charge in [0.05, 0.1) is 0 Å². The summed E-state index contributed by atoms with van der Waals surface area (Å²) in [6.07, 6.45) is 7.55. The van der Waals surface area contributed by atoms with Crippen molar-refractivity contribution in [1.29, 1.82) is 0 Å². The highest BCUT2D eigenvalue weighted by Gasteiger charge is 2.02. The molecular formula is C10H19N. The van der Waals surface area contributed by atoms with Crippen molar-refractivity contribution >= 4 is 0 Å². The third-order valence-electron chi connectivity index (χ3n) is 1.75. The predicted octanol–water partition coefficient (Wildman–Crippen LogP) is 2.46. The van der Waals surface area contributed by atoms with Crippen LogP contribution < -0.4 is 0 Å². The van der Waals surface area contributed by atoms with Crippen molar-refractivity contribution in [3.63, 3.8) is 0 Å². The lowest BCUT2D eigenvalue weighted by Crippen LogP contribution is -2.24. The monoisotopic (exact) mass is 153 g/mol. The number of piperidine rings is 1. The minimum atomic E-state index is 1.32. The molecule has 1 fully saturated rings. The van der Waals surface area contributed by atoms with Gasteiger partial charge in [-0.1, -0.05) is 31.7 Å². The Kier molecular flexibility index (Phi) is 7.16. The van der Waals surface area contributed by atoms with Gasteiger partial charge in [0.1, 0.15) is 0 Å². The number of hydrogen-bond acceptors (Lipinski definition) is 1. The molecule has 0 N–H and O–H groups in total. The quantitative estimate of drug-likeness (QED) is 0.523. The lowest BCUT2D eigenvalue weighted by atomic mass is 10.1. The van der Waals surface area contributed by atoms with Crippen LogP contribution in [0.4, 0.5) is 0 Å². The van der Waals surface area contributed by atoms with E-state index in [1.165, 1.54) is 32.4 Å². The van der Waals surface area contributed by atoms with Crippen LogP contribution in [0.3, 0.4) is 0 Å². The second-order valence-corrected chi connectivity index (χ2v) is 2.84. The number of hydrogen-bond donors (Lipinski definition) is 0. The highest BCUT2D eigenvalue weighted by atomic mass is 15.1. The molecule has 0 aliphatic carbocycles. The van der Waals surface area contributed by atoms with Gasteiger partial charge in [0.2, 0.25) is 0 Å². The molecule has 0 unspecified atom stereocenters. The Bertz CT molecular complexity index is 95.4. The summed E-state index contributed by atoms with van der Waals surface area (Å²) in [5.41, 5.74) is 0. The van der Waals surface area contributed by atoms with Gasteiger partial charge in [-0.05, 0) is 33.0 Å². The average Bonchev–Trinajstić information content (AvgIpc) is 2.07. The van der Waals surface area contributed by atoms with E-state index in [2.05, 4.69) is 25.1 Å². The zero-order chi connectivity index (χ0) is 8.53. The van der Waals surface area contributed by atoms with Gasteiger partial charge in [-0.2, -0.15) is 0 Å². The maximum absolute atomic E-state index is 3.36. The summed E-state index contributed by atoms with van der Waals surface area (Å²) in [5, 5.41) is 0. The topological polar surface area (TPSA) is 3.24 Å². The fourth-order valence-corrected chi connectivity index (χ4v) is 1.05. The van der Waals surface area contributed by atoms with Crippen LogP contribution in [-0.2, 0) is 0 Å². The van der Waals surface area contributed by atoms with Crippen molar-refractivity contribution in [2.45, 2.75) is 19.3 Å². The fraction of sp³-hybridized carbons (Fsp3) is 0.600. The number of nitrogens with zero attached hydrogens (tertiary/aromatic N) is 1. The molecule has 0 aromatic rings. The normalized spacial score (nSPS) is 17.9. The van der Waals surface area contributed by atoms with Crippen LogP contribution in [0.2, 0.25) is 0 Å². The van der Waals surface area contributed by atoms with Crippen LogP contribution in [0.25, 0.3) is 0 Å². The Hall–Kier alpha value is -0.560. The molecule has 1 rings (SSSR count). The molecule has 1 heterocycles. The van der Waals surface area contributed by atoms with Crippen LogP contribution in [0.5, 0.6) is 0 Å². The molecule has 0 amide bonds. The smallest absolute Gasteiger partial charge is 0.00218 e. The van der Waals surface area contributed by atoms with Crippen molar-refractivity contribution < 1.29 is 0 Å². The van der Waals surface area contributed by atoms with Crippen LogP contribution in [0.1, 0.15) is 19.3 Å². The number of allylic oxidation sites excluding steroid dienone is 2. The Morgan fingerprint density at radius 3 is 1.64 bits per heavy atom. The molecule has 0 aromatic carbocycles. The molecule has 0 bridgehead atoms. The van der Waals surface area contributed by atoms with E-state index < -0.39 is 0 Å². The summed E-state index contributed by atoms with van der Waals surface area (Å²) in [7, 11) is 2.19. The first-order valence-corrected chi connectivity index (χ1v) is 4.23. The van der Waals surface area contributed by atoms with Gasteiger partial charge in [-0.3, -0.25) is 0 Å². The molecule has 1 aliphatic rings. The van der Waals surface area contributed by atoms with Gasteiger partial charge in [-0.15, -0.1) is 0 Å². The van der Waals surface area contributed by atoms with Crippen LogP contribution in [0.15, 0.2) is 25.3 Å². The van der Waals surface area contributed by atoms with E-state index in [9.17, 15) is 0 Å². The molecule has 1 heteroatoms. The first kappa shape index (κ1) is 10.4. The van der Waals surface area contributed by atoms with Crippen molar-refractivity contribution in [3.05, 3.63) is 25.3 Å². The SMILES string of the molecule is C=CC=C.CN1CCCCC1. The summed E-state index contributed by atoms with van der Waals surface area (Å²) in [5.74, 6) is 0. The lowest BCUT2D eigenvalue weighted by Gasteiger charge is -2.20. The second-order valence-electron chi connectivity index (χ2n) is 2.84. The summed E-state index contributed by atoms with van der Waals surface area (Å²) in [6, 6.07) is 0. The molecule has 0 saturated carbocycles. The lowest BCUT2D eigenvalue weighted by molar-refractivity contribution is 0.277. The van der Waals surface area contributed by atoms with Crippen LogP contribution >= 0.6 is 0 Å². The summed E-state index contributed by atoms with van der Waals surface area (Å²) >= 11 is 0. The van der Waals surface area contributed by atoms with E-state index in [1.54, 1.807) is 12.2 Å². The van der Waals surface area contributed by atoms with E-state index in [4.69, 9.17) is 0 Å². The minimum absolute atomic E-state index is 1.32. The molecule has 0 spiro atoms. The van der Waals surface area contributed by atoms with Crippen molar-refractivity contribution in [2.24, 2.45) is 0 Å². The minimum Gasteiger partial charge on any atom is -0.306 e. The average molecular weight is 153 g/mol. The Morgan fingerprint density at radius 1 is 1.00 bits per heavy atom. The summed E-state index contributed by atoms with van der Waals surface area (Å²) < 4.78 is 0. The number of rotatable bonds is 1. The third-order valence-corrected chi connectivity index (χ3v) is 1.75. The molecule has 64 valence electrons. The van der Waals surface area contributed by atoms with Gasteiger partial charge in [0.25, 0.3) is 0 Å². The van der Waals surface area contributed by atoms with E-state index in [0.29, 0.717) is 0 Å². The molecule has 0 atom stereocenters. The van der Waals surface area contributed by atoms with Gasteiger partial charge in [-0.25, -0.2) is 0 Å². The fourth-order valence-electron chi connectivity index (χ4n) is 1.05. The Balaban J connectivity index is 0.000000218. The predicted molar refractivity (Wildman–Crippen MR) is 51.7 cm³/mol. The third kappa shape index (κ3) is 7.34. The molecule has 0 aromatic heterocycles. The molecular weight excluding hydrogens is 134 g/mol. The molecule has 1 nitrogen and oxygen atoms in total. The van der Waals surface area contributed by atoms with E-state index in [0.717, 1.165) is 0 Å². The second kappa shape index (κ2) is 7.55. The summed E-state index contributed by atoms with van der Waals surface area (Å²) in [4.78, 5) is 2.39. The number of likely N-dealkylation sites (tertiary alicyclic amines) is 1. The molecule has 1 aliphatic heterocycles. The van der Waals surface area contributed by atoms with Crippen LogP contribution in [-0.4, -0.2) is 25.0 Å².